The van der Waals surface area contributed by atoms with E-state index >= 15 is 0 Å². The Kier molecular flexibility index (Phi) is 4.85. The second kappa shape index (κ2) is 6.16. The van der Waals surface area contributed by atoms with Crippen molar-refractivity contribution < 1.29 is 10.2 Å². The van der Waals surface area contributed by atoms with Crippen molar-refractivity contribution >= 4 is 17.8 Å². The predicted molar refractivity (Wildman–Crippen MR) is 65.3 cm³/mol. The molecule has 1 heterocycles. The molecule has 0 unspecified atom stereocenters. The van der Waals surface area contributed by atoms with Gasteiger partial charge in [0.25, 0.3) is 0 Å². The topological polar surface area (TPSA) is 106 Å². The second-order valence-electron chi connectivity index (χ2n) is 3.63. The Labute approximate surface area is 99.7 Å². The third-order valence-electron chi connectivity index (χ3n) is 2.02. The minimum Gasteiger partial charge on any atom is -0.394 e. The van der Waals surface area contributed by atoms with Crippen LogP contribution < -0.4 is 15.5 Å². The summed E-state index contributed by atoms with van der Waals surface area (Å²) >= 11 is 0. The van der Waals surface area contributed by atoms with Crippen LogP contribution in [0.2, 0.25) is 0 Å². The van der Waals surface area contributed by atoms with Gasteiger partial charge in [0.05, 0.1) is 19.3 Å². The molecule has 0 atom stereocenters. The van der Waals surface area contributed by atoms with E-state index in [-0.39, 0.29) is 13.2 Å². The lowest BCUT2D eigenvalue weighted by Crippen LogP contribution is -2.29. The number of rotatable bonds is 6. The van der Waals surface area contributed by atoms with Crippen LogP contribution in [0.5, 0.6) is 0 Å². The van der Waals surface area contributed by atoms with Crippen molar-refractivity contribution in [1.82, 2.24) is 15.0 Å². The molecule has 0 radical (unpaired) electrons. The van der Waals surface area contributed by atoms with Gasteiger partial charge in [0.15, 0.2) is 0 Å². The number of aliphatic hydroxyl groups excluding tert-OH is 2. The SMILES string of the molecule is CNc1nc(NC(CO)CO)nc(N(C)C)n1. The van der Waals surface area contributed by atoms with E-state index in [9.17, 15) is 0 Å². The third kappa shape index (κ3) is 3.68. The summed E-state index contributed by atoms with van der Waals surface area (Å²) in [5.41, 5.74) is 0. The predicted octanol–water partition coefficient (Wildman–Crippen LogP) is -1.26. The Morgan fingerprint density at radius 1 is 1.12 bits per heavy atom. The zero-order valence-electron chi connectivity index (χ0n) is 10.2. The molecular formula is C9H18N6O2. The first kappa shape index (κ1) is 13.4. The first-order valence-electron chi connectivity index (χ1n) is 5.20. The molecule has 0 saturated carbocycles. The average Bonchev–Trinajstić information content (AvgIpc) is 2.35. The molecule has 4 N–H and O–H groups in total. The van der Waals surface area contributed by atoms with Crippen molar-refractivity contribution in [3.63, 3.8) is 0 Å². The van der Waals surface area contributed by atoms with Gasteiger partial charge >= 0.3 is 0 Å². The molecule has 0 bridgehead atoms. The number of nitrogens with zero attached hydrogens (tertiary/aromatic N) is 4. The maximum Gasteiger partial charge on any atom is 0.231 e. The van der Waals surface area contributed by atoms with Gasteiger partial charge in [0.2, 0.25) is 17.8 Å². The largest absolute Gasteiger partial charge is 0.394 e. The number of nitrogens with one attached hydrogen (secondary N) is 2. The minimum atomic E-state index is -0.489. The number of hydrogen-bond acceptors (Lipinski definition) is 8. The van der Waals surface area contributed by atoms with E-state index < -0.39 is 6.04 Å². The van der Waals surface area contributed by atoms with Crippen molar-refractivity contribution in [3.8, 4) is 0 Å². The van der Waals surface area contributed by atoms with E-state index in [0.29, 0.717) is 17.8 Å². The number of aliphatic hydroxyl groups is 2. The number of anilines is 3. The molecule has 1 rings (SSSR count). The lowest BCUT2D eigenvalue weighted by molar-refractivity contribution is 0.203. The molecule has 0 aliphatic rings. The molecule has 0 aliphatic carbocycles. The monoisotopic (exact) mass is 242 g/mol. The fourth-order valence-corrected chi connectivity index (χ4v) is 1.07. The fourth-order valence-electron chi connectivity index (χ4n) is 1.07. The summed E-state index contributed by atoms with van der Waals surface area (Å²) in [5.74, 6) is 1.21. The zero-order chi connectivity index (χ0) is 12.8. The van der Waals surface area contributed by atoms with Crippen molar-refractivity contribution in [1.29, 1.82) is 0 Å². The van der Waals surface area contributed by atoms with Gasteiger partial charge in [-0.1, -0.05) is 0 Å². The number of aromatic nitrogens is 3. The summed E-state index contributed by atoms with van der Waals surface area (Å²) in [4.78, 5) is 14.1. The quantitative estimate of drug-likeness (QED) is 0.490. The van der Waals surface area contributed by atoms with Crippen molar-refractivity contribution in [2.75, 3.05) is 49.9 Å². The van der Waals surface area contributed by atoms with Crippen LogP contribution >= 0.6 is 0 Å². The molecular weight excluding hydrogens is 224 g/mol. The molecule has 0 fully saturated rings. The summed E-state index contributed by atoms with van der Waals surface area (Å²) < 4.78 is 0. The number of hydrogen-bond donors (Lipinski definition) is 4. The fraction of sp³-hybridized carbons (Fsp3) is 0.667. The van der Waals surface area contributed by atoms with Crippen molar-refractivity contribution in [3.05, 3.63) is 0 Å². The minimum absolute atomic E-state index is 0.200. The molecule has 0 aliphatic heterocycles. The van der Waals surface area contributed by atoms with Crippen LogP contribution in [0.3, 0.4) is 0 Å². The molecule has 1 aromatic heterocycles. The van der Waals surface area contributed by atoms with Crippen LogP contribution in [0.15, 0.2) is 0 Å². The average molecular weight is 242 g/mol. The van der Waals surface area contributed by atoms with Crippen LogP contribution in [0.25, 0.3) is 0 Å². The molecule has 0 saturated heterocycles. The van der Waals surface area contributed by atoms with E-state index in [1.165, 1.54) is 0 Å². The van der Waals surface area contributed by atoms with E-state index in [4.69, 9.17) is 10.2 Å². The third-order valence-corrected chi connectivity index (χ3v) is 2.02. The highest BCUT2D eigenvalue weighted by molar-refractivity contribution is 5.43. The first-order chi connectivity index (χ1) is 8.10. The summed E-state index contributed by atoms with van der Waals surface area (Å²) in [6, 6.07) is -0.489. The maximum atomic E-state index is 8.97. The molecule has 0 spiro atoms. The summed E-state index contributed by atoms with van der Waals surface area (Å²) in [7, 11) is 5.33. The normalized spacial score (nSPS) is 10.5. The maximum absolute atomic E-state index is 8.97. The van der Waals surface area contributed by atoms with E-state index in [0.717, 1.165) is 0 Å². The van der Waals surface area contributed by atoms with Gasteiger partial charge in [0.1, 0.15) is 0 Å². The summed E-state index contributed by atoms with van der Waals surface area (Å²) in [6.07, 6.45) is 0. The lowest BCUT2D eigenvalue weighted by Gasteiger charge is -2.16. The Hall–Kier alpha value is -1.67. The van der Waals surface area contributed by atoms with Gasteiger partial charge in [-0.05, 0) is 0 Å². The molecule has 8 heteroatoms. The van der Waals surface area contributed by atoms with Crippen molar-refractivity contribution in [2.24, 2.45) is 0 Å². The Balaban J connectivity index is 2.94. The molecule has 17 heavy (non-hydrogen) atoms. The first-order valence-corrected chi connectivity index (χ1v) is 5.20. The van der Waals surface area contributed by atoms with Crippen LogP contribution in [-0.2, 0) is 0 Å². The van der Waals surface area contributed by atoms with Gasteiger partial charge in [-0.2, -0.15) is 15.0 Å². The van der Waals surface area contributed by atoms with E-state index in [2.05, 4.69) is 25.6 Å². The highest BCUT2D eigenvalue weighted by atomic mass is 16.3. The van der Waals surface area contributed by atoms with Gasteiger partial charge in [-0.15, -0.1) is 0 Å². The molecule has 0 aromatic carbocycles. The van der Waals surface area contributed by atoms with Crippen LogP contribution in [0.1, 0.15) is 0 Å². The van der Waals surface area contributed by atoms with E-state index in [1.54, 1.807) is 11.9 Å². The van der Waals surface area contributed by atoms with Gasteiger partial charge in [-0.3, -0.25) is 0 Å². The zero-order valence-corrected chi connectivity index (χ0v) is 10.2. The smallest absolute Gasteiger partial charge is 0.231 e. The molecule has 96 valence electrons. The highest BCUT2D eigenvalue weighted by Gasteiger charge is 2.11. The van der Waals surface area contributed by atoms with Crippen LogP contribution in [-0.4, -0.2) is 65.6 Å². The van der Waals surface area contributed by atoms with Crippen molar-refractivity contribution in [2.45, 2.75) is 6.04 Å². The summed E-state index contributed by atoms with van der Waals surface area (Å²) in [6.45, 7) is -0.400. The Morgan fingerprint density at radius 2 is 1.71 bits per heavy atom. The standard InChI is InChI=1S/C9H18N6O2/c1-10-7-12-8(11-6(4-16)5-17)14-9(13-7)15(2)3/h6,16-17H,4-5H2,1-3H3,(H2,10,11,12,13,14). The molecule has 8 nitrogen and oxygen atoms in total. The lowest BCUT2D eigenvalue weighted by atomic mass is 10.3. The van der Waals surface area contributed by atoms with Crippen LogP contribution in [0, 0.1) is 0 Å². The van der Waals surface area contributed by atoms with E-state index in [1.807, 2.05) is 14.1 Å². The highest BCUT2D eigenvalue weighted by Crippen LogP contribution is 2.11. The van der Waals surface area contributed by atoms with Gasteiger partial charge in [-0.25, -0.2) is 0 Å². The second-order valence-corrected chi connectivity index (χ2v) is 3.63. The van der Waals surface area contributed by atoms with Gasteiger partial charge < -0.3 is 25.7 Å². The van der Waals surface area contributed by atoms with Gasteiger partial charge in [0, 0.05) is 21.1 Å². The Morgan fingerprint density at radius 3 is 2.18 bits per heavy atom. The molecule has 0 amide bonds. The van der Waals surface area contributed by atoms with Crippen LogP contribution in [0.4, 0.5) is 17.8 Å². The molecule has 1 aromatic rings. The Bertz CT molecular complexity index is 355. The summed E-state index contributed by atoms with van der Waals surface area (Å²) in [5, 5.41) is 23.6.